The second-order valence-electron chi connectivity index (χ2n) is 7.98. The number of methoxy groups -OCH3 is 1. The molecule has 0 N–H and O–H groups in total. The van der Waals surface area contributed by atoms with Crippen LogP contribution < -0.4 is 10.3 Å². The smallest absolute Gasteiger partial charge is 0.263 e. The summed E-state index contributed by atoms with van der Waals surface area (Å²) < 4.78 is 6.73. The SMILES string of the molecule is COc1ccc(C2CC(c3ccccc3)=NN2C(=O)Cn2ccc3ccccc3c2=O)cc1. The highest BCUT2D eigenvalue weighted by Crippen LogP contribution is 2.33. The van der Waals surface area contributed by atoms with Gasteiger partial charge in [-0.3, -0.25) is 9.59 Å². The number of carbonyl (C=O) groups excluding carboxylic acids is 1. The Balaban J connectivity index is 1.49. The summed E-state index contributed by atoms with van der Waals surface area (Å²) in [6, 6.07) is 26.5. The van der Waals surface area contributed by atoms with Crippen molar-refractivity contribution in [3.05, 3.63) is 113 Å². The maximum atomic E-state index is 13.4. The minimum absolute atomic E-state index is 0.0815. The predicted molar refractivity (Wildman–Crippen MR) is 128 cm³/mol. The lowest BCUT2D eigenvalue weighted by atomic mass is 9.98. The molecule has 164 valence electrons. The van der Waals surface area contributed by atoms with Crippen LogP contribution in [0.5, 0.6) is 5.75 Å². The lowest BCUT2D eigenvalue weighted by molar-refractivity contribution is -0.133. The molecule has 1 aromatic heterocycles. The number of hydrogen-bond donors (Lipinski definition) is 0. The maximum absolute atomic E-state index is 13.4. The minimum Gasteiger partial charge on any atom is -0.497 e. The number of benzene rings is 3. The van der Waals surface area contributed by atoms with Crippen LogP contribution in [0.15, 0.2) is 101 Å². The van der Waals surface area contributed by atoms with Crippen molar-refractivity contribution in [2.45, 2.75) is 19.0 Å². The number of hydrogen-bond acceptors (Lipinski definition) is 4. The molecule has 1 atom stereocenters. The number of nitrogens with zero attached hydrogens (tertiary/aromatic N) is 3. The van der Waals surface area contributed by atoms with Crippen molar-refractivity contribution in [2.24, 2.45) is 5.10 Å². The van der Waals surface area contributed by atoms with Crippen molar-refractivity contribution in [3.8, 4) is 5.75 Å². The molecular weight excluding hydrogens is 414 g/mol. The monoisotopic (exact) mass is 437 g/mol. The molecule has 0 radical (unpaired) electrons. The summed E-state index contributed by atoms with van der Waals surface area (Å²) >= 11 is 0. The number of carbonyl (C=O) groups is 1. The van der Waals surface area contributed by atoms with Crippen LogP contribution >= 0.6 is 0 Å². The quantitative estimate of drug-likeness (QED) is 0.465. The van der Waals surface area contributed by atoms with Crippen molar-refractivity contribution in [3.63, 3.8) is 0 Å². The third-order valence-electron chi connectivity index (χ3n) is 5.97. The number of aromatic nitrogens is 1. The molecule has 2 heterocycles. The number of rotatable bonds is 5. The Morgan fingerprint density at radius 1 is 0.970 bits per heavy atom. The molecule has 0 bridgehead atoms. The molecule has 1 amide bonds. The minimum atomic E-state index is -0.255. The fraction of sp³-hybridized carbons (Fsp3) is 0.148. The van der Waals surface area contributed by atoms with Crippen molar-refractivity contribution in [1.29, 1.82) is 0 Å². The Labute approximate surface area is 191 Å². The highest BCUT2D eigenvalue weighted by Gasteiger charge is 2.33. The van der Waals surface area contributed by atoms with E-state index in [1.165, 1.54) is 9.58 Å². The zero-order chi connectivity index (χ0) is 22.8. The average molecular weight is 437 g/mol. The van der Waals surface area contributed by atoms with Gasteiger partial charge in [0, 0.05) is 18.0 Å². The number of pyridine rings is 1. The first-order chi connectivity index (χ1) is 16.1. The lowest BCUT2D eigenvalue weighted by Gasteiger charge is -2.22. The first-order valence-corrected chi connectivity index (χ1v) is 10.8. The van der Waals surface area contributed by atoms with Gasteiger partial charge in [-0.05, 0) is 40.8 Å². The van der Waals surface area contributed by atoms with Gasteiger partial charge < -0.3 is 9.30 Å². The van der Waals surface area contributed by atoms with Gasteiger partial charge in [-0.2, -0.15) is 5.10 Å². The molecule has 0 spiro atoms. The van der Waals surface area contributed by atoms with E-state index in [4.69, 9.17) is 9.84 Å². The van der Waals surface area contributed by atoms with Gasteiger partial charge in [0.2, 0.25) is 0 Å². The van der Waals surface area contributed by atoms with Gasteiger partial charge in [0.1, 0.15) is 12.3 Å². The van der Waals surface area contributed by atoms with Crippen LogP contribution in [-0.2, 0) is 11.3 Å². The Morgan fingerprint density at radius 3 is 2.45 bits per heavy atom. The molecule has 1 aliphatic heterocycles. The number of hydrazone groups is 1. The molecular formula is C27H23N3O3. The third kappa shape index (κ3) is 4.03. The van der Waals surface area contributed by atoms with E-state index in [1.807, 2.05) is 78.9 Å². The molecule has 0 saturated carbocycles. The van der Waals surface area contributed by atoms with E-state index in [0.717, 1.165) is 28.0 Å². The lowest BCUT2D eigenvalue weighted by Crippen LogP contribution is -2.33. The maximum Gasteiger partial charge on any atom is 0.263 e. The summed E-state index contributed by atoms with van der Waals surface area (Å²) in [5.41, 5.74) is 2.60. The summed E-state index contributed by atoms with van der Waals surface area (Å²) in [5.74, 6) is 0.515. The fourth-order valence-corrected chi connectivity index (χ4v) is 4.20. The molecule has 1 aliphatic rings. The summed E-state index contributed by atoms with van der Waals surface area (Å²) in [7, 11) is 1.62. The van der Waals surface area contributed by atoms with Gasteiger partial charge in [0.05, 0.1) is 18.9 Å². The second kappa shape index (κ2) is 8.74. The van der Waals surface area contributed by atoms with Gasteiger partial charge >= 0.3 is 0 Å². The van der Waals surface area contributed by atoms with Crippen molar-refractivity contribution >= 4 is 22.4 Å². The molecule has 1 unspecified atom stereocenters. The Kier molecular flexibility index (Phi) is 5.48. The summed E-state index contributed by atoms with van der Waals surface area (Å²) in [4.78, 5) is 26.4. The number of fused-ring (bicyclic) bond motifs is 1. The van der Waals surface area contributed by atoms with Crippen LogP contribution in [0.4, 0.5) is 0 Å². The second-order valence-corrected chi connectivity index (χ2v) is 7.98. The topological polar surface area (TPSA) is 63.9 Å². The molecule has 4 aromatic rings. The molecule has 3 aromatic carbocycles. The summed E-state index contributed by atoms with van der Waals surface area (Å²) in [6.45, 7) is -0.0815. The molecule has 5 rings (SSSR count). The molecule has 6 heteroatoms. The van der Waals surface area contributed by atoms with E-state index >= 15 is 0 Å². The number of amides is 1. The van der Waals surface area contributed by atoms with Crippen molar-refractivity contribution in [2.75, 3.05) is 7.11 Å². The normalized spacial score (nSPS) is 15.5. The average Bonchev–Trinajstić information content (AvgIpc) is 3.32. The van der Waals surface area contributed by atoms with Crippen LogP contribution in [-0.4, -0.2) is 28.3 Å². The zero-order valence-electron chi connectivity index (χ0n) is 18.2. The largest absolute Gasteiger partial charge is 0.497 e. The van der Waals surface area contributed by atoms with Gasteiger partial charge in [0.15, 0.2) is 0 Å². The Morgan fingerprint density at radius 2 is 1.70 bits per heavy atom. The fourth-order valence-electron chi connectivity index (χ4n) is 4.20. The molecule has 6 nitrogen and oxygen atoms in total. The first-order valence-electron chi connectivity index (χ1n) is 10.8. The first kappa shape index (κ1) is 20.7. The zero-order valence-corrected chi connectivity index (χ0v) is 18.2. The van der Waals surface area contributed by atoms with Crippen LogP contribution in [0.25, 0.3) is 10.8 Å². The standard InChI is InChI=1S/C27H23N3O3/c1-33-22-13-11-21(12-14-22)25-17-24(20-8-3-2-4-9-20)28-30(25)26(31)18-29-16-15-19-7-5-6-10-23(19)27(29)32/h2-16,25H,17-18H2,1H3. The Hall–Kier alpha value is -4.19. The van der Waals surface area contributed by atoms with E-state index in [0.29, 0.717) is 11.8 Å². The van der Waals surface area contributed by atoms with Crippen LogP contribution in [0.1, 0.15) is 23.6 Å². The van der Waals surface area contributed by atoms with E-state index < -0.39 is 0 Å². The molecule has 0 fully saturated rings. The van der Waals surface area contributed by atoms with Crippen LogP contribution in [0, 0.1) is 0 Å². The molecule has 0 aliphatic carbocycles. The predicted octanol–water partition coefficient (Wildman–Crippen LogP) is 4.39. The highest BCUT2D eigenvalue weighted by atomic mass is 16.5. The van der Waals surface area contributed by atoms with E-state index in [9.17, 15) is 9.59 Å². The van der Waals surface area contributed by atoms with Crippen LogP contribution in [0.3, 0.4) is 0 Å². The summed E-state index contributed by atoms with van der Waals surface area (Å²) in [5, 5.41) is 7.67. The van der Waals surface area contributed by atoms with Gasteiger partial charge in [-0.1, -0.05) is 60.7 Å². The van der Waals surface area contributed by atoms with Crippen molar-refractivity contribution in [1.82, 2.24) is 9.58 Å². The summed E-state index contributed by atoms with van der Waals surface area (Å²) in [6.07, 6.45) is 2.26. The van der Waals surface area contributed by atoms with E-state index in [1.54, 1.807) is 19.4 Å². The van der Waals surface area contributed by atoms with Gasteiger partial charge in [0.25, 0.3) is 11.5 Å². The van der Waals surface area contributed by atoms with E-state index in [-0.39, 0.29) is 24.1 Å². The van der Waals surface area contributed by atoms with Crippen molar-refractivity contribution < 1.29 is 9.53 Å². The van der Waals surface area contributed by atoms with E-state index in [2.05, 4.69) is 0 Å². The molecule has 0 saturated heterocycles. The van der Waals surface area contributed by atoms with Gasteiger partial charge in [-0.15, -0.1) is 0 Å². The molecule has 33 heavy (non-hydrogen) atoms. The van der Waals surface area contributed by atoms with Gasteiger partial charge in [-0.25, -0.2) is 5.01 Å². The third-order valence-corrected chi connectivity index (χ3v) is 5.97. The highest BCUT2D eigenvalue weighted by molar-refractivity contribution is 6.03. The number of ether oxygens (including phenoxy) is 1. The van der Waals surface area contributed by atoms with Crippen LogP contribution in [0.2, 0.25) is 0 Å². The Bertz CT molecular complexity index is 1390.